The molecule has 0 heterocycles. The molecule has 5 nitrogen and oxygen atoms in total. The normalized spacial score (nSPS) is 11.2. The minimum absolute atomic E-state index is 0.00567. The van der Waals surface area contributed by atoms with Crippen LogP contribution in [0.1, 0.15) is 15.9 Å². The first-order chi connectivity index (χ1) is 9.38. The van der Waals surface area contributed by atoms with Crippen molar-refractivity contribution in [1.82, 2.24) is 4.72 Å². The van der Waals surface area contributed by atoms with Crippen LogP contribution in [0.5, 0.6) is 0 Å². The van der Waals surface area contributed by atoms with Crippen molar-refractivity contribution in [3.63, 3.8) is 0 Å². The molecule has 0 aliphatic heterocycles. The SMILES string of the molecule is C=CCSCCNS(=O)(=O)c1cc(C(=O)O)ccc1C. The summed E-state index contributed by atoms with van der Waals surface area (Å²) in [6.45, 7) is 5.50. The summed E-state index contributed by atoms with van der Waals surface area (Å²) < 4.78 is 26.7. The first kappa shape index (κ1) is 16.7. The van der Waals surface area contributed by atoms with Gasteiger partial charge in [0.25, 0.3) is 0 Å². The standard InChI is InChI=1S/C13H17NO4S2/c1-3-7-19-8-6-14-20(17,18)12-9-11(13(15)16)5-4-10(12)2/h3-5,9,14H,1,6-8H2,2H3,(H,15,16). The number of aryl methyl sites for hydroxylation is 1. The van der Waals surface area contributed by atoms with Crippen LogP contribution in [-0.4, -0.2) is 37.5 Å². The number of rotatable bonds is 8. The van der Waals surface area contributed by atoms with Crippen LogP contribution in [-0.2, 0) is 10.0 Å². The lowest BCUT2D eigenvalue weighted by Gasteiger charge is -2.09. The number of benzene rings is 1. The van der Waals surface area contributed by atoms with Crippen LogP contribution in [0.4, 0.5) is 0 Å². The molecule has 0 saturated carbocycles. The third-order valence-corrected chi connectivity index (χ3v) is 5.07. The Labute approximate surface area is 123 Å². The van der Waals surface area contributed by atoms with E-state index in [-0.39, 0.29) is 17.0 Å². The van der Waals surface area contributed by atoms with E-state index in [9.17, 15) is 13.2 Å². The summed E-state index contributed by atoms with van der Waals surface area (Å²) in [5.41, 5.74) is 0.471. The summed E-state index contributed by atoms with van der Waals surface area (Å²) in [5.74, 6) is 0.237. The van der Waals surface area contributed by atoms with E-state index in [2.05, 4.69) is 11.3 Å². The second-order valence-electron chi connectivity index (χ2n) is 4.05. The molecule has 0 amide bonds. The van der Waals surface area contributed by atoms with Crippen LogP contribution in [0.3, 0.4) is 0 Å². The van der Waals surface area contributed by atoms with E-state index in [4.69, 9.17) is 5.11 Å². The molecule has 0 atom stereocenters. The Kier molecular flexibility index (Phi) is 6.25. The van der Waals surface area contributed by atoms with Crippen LogP contribution in [0.25, 0.3) is 0 Å². The maximum atomic E-state index is 12.1. The van der Waals surface area contributed by atoms with E-state index in [1.165, 1.54) is 18.2 Å². The highest BCUT2D eigenvalue weighted by atomic mass is 32.2. The molecular weight excluding hydrogens is 298 g/mol. The zero-order valence-corrected chi connectivity index (χ0v) is 12.8. The van der Waals surface area contributed by atoms with Crippen LogP contribution in [0, 0.1) is 6.92 Å². The van der Waals surface area contributed by atoms with Gasteiger partial charge in [-0.15, -0.1) is 6.58 Å². The number of thioether (sulfide) groups is 1. The number of nitrogens with one attached hydrogen (secondary N) is 1. The summed E-state index contributed by atoms with van der Waals surface area (Å²) >= 11 is 1.56. The third-order valence-electron chi connectivity index (χ3n) is 2.50. The number of sulfonamides is 1. The van der Waals surface area contributed by atoms with Gasteiger partial charge in [0.05, 0.1) is 10.5 Å². The fourth-order valence-electron chi connectivity index (χ4n) is 1.52. The number of carboxylic acid groups (broad SMARTS) is 1. The Bertz CT molecular complexity index is 596. The van der Waals surface area contributed by atoms with E-state index in [0.717, 1.165) is 5.75 Å². The molecule has 20 heavy (non-hydrogen) atoms. The molecule has 0 bridgehead atoms. The molecule has 1 aromatic rings. The number of hydrogen-bond donors (Lipinski definition) is 2. The highest BCUT2D eigenvalue weighted by Gasteiger charge is 2.18. The lowest BCUT2D eigenvalue weighted by atomic mass is 10.1. The molecule has 0 unspecified atom stereocenters. The van der Waals surface area contributed by atoms with Crippen molar-refractivity contribution < 1.29 is 18.3 Å². The fourth-order valence-corrected chi connectivity index (χ4v) is 3.52. The van der Waals surface area contributed by atoms with Crippen molar-refractivity contribution in [2.24, 2.45) is 0 Å². The second kappa shape index (κ2) is 7.47. The lowest BCUT2D eigenvalue weighted by molar-refractivity contribution is 0.0696. The average molecular weight is 315 g/mol. The van der Waals surface area contributed by atoms with Gasteiger partial charge in [0.1, 0.15) is 0 Å². The molecule has 0 aliphatic carbocycles. The van der Waals surface area contributed by atoms with Crippen molar-refractivity contribution in [3.05, 3.63) is 42.0 Å². The fraction of sp³-hybridized carbons (Fsp3) is 0.308. The molecule has 0 fully saturated rings. The van der Waals surface area contributed by atoms with E-state index >= 15 is 0 Å². The minimum atomic E-state index is -3.69. The molecule has 0 aliphatic rings. The Morgan fingerprint density at radius 1 is 1.50 bits per heavy atom. The first-order valence-corrected chi connectivity index (χ1v) is 8.54. The average Bonchev–Trinajstić information content (AvgIpc) is 2.38. The third kappa shape index (κ3) is 4.66. The summed E-state index contributed by atoms with van der Waals surface area (Å²) in [5, 5.41) is 8.91. The maximum Gasteiger partial charge on any atom is 0.335 e. The molecule has 1 rings (SSSR count). The van der Waals surface area contributed by atoms with Gasteiger partial charge in [-0.05, 0) is 24.6 Å². The molecule has 0 radical (unpaired) electrons. The predicted octanol–water partition coefficient (Wildman–Crippen LogP) is 1.89. The predicted molar refractivity (Wildman–Crippen MR) is 80.8 cm³/mol. The molecule has 0 aromatic heterocycles. The van der Waals surface area contributed by atoms with Crippen LogP contribution in [0.15, 0.2) is 35.7 Å². The Morgan fingerprint density at radius 3 is 2.80 bits per heavy atom. The zero-order valence-electron chi connectivity index (χ0n) is 11.1. The smallest absolute Gasteiger partial charge is 0.335 e. The molecular formula is C13H17NO4S2. The van der Waals surface area contributed by atoms with Crippen molar-refractivity contribution >= 4 is 27.8 Å². The van der Waals surface area contributed by atoms with Crippen molar-refractivity contribution in [2.45, 2.75) is 11.8 Å². The van der Waals surface area contributed by atoms with Crippen LogP contribution in [0.2, 0.25) is 0 Å². The van der Waals surface area contributed by atoms with E-state index in [0.29, 0.717) is 11.3 Å². The summed E-state index contributed by atoms with van der Waals surface area (Å²) in [4.78, 5) is 10.9. The van der Waals surface area contributed by atoms with Gasteiger partial charge >= 0.3 is 5.97 Å². The maximum absolute atomic E-state index is 12.1. The van der Waals surface area contributed by atoms with E-state index in [1.807, 2.05) is 0 Å². The highest BCUT2D eigenvalue weighted by Crippen LogP contribution is 2.17. The molecule has 0 spiro atoms. The second-order valence-corrected chi connectivity index (χ2v) is 6.93. The van der Waals surface area contributed by atoms with Gasteiger partial charge in [-0.3, -0.25) is 0 Å². The van der Waals surface area contributed by atoms with Gasteiger partial charge in [-0.2, -0.15) is 11.8 Å². The van der Waals surface area contributed by atoms with Gasteiger partial charge in [0, 0.05) is 18.1 Å². The van der Waals surface area contributed by atoms with Crippen LogP contribution < -0.4 is 4.72 Å². The number of carbonyl (C=O) groups is 1. The number of aromatic carboxylic acids is 1. The Morgan fingerprint density at radius 2 is 2.20 bits per heavy atom. The summed E-state index contributed by atoms with van der Waals surface area (Å²) in [7, 11) is -3.69. The molecule has 7 heteroatoms. The van der Waals surface area contributed by atoms with Gasteiger partial charge in [-0.25, -0.2) is 17.9 Å². The monoisotopic (exact) mass is 315 g/mol. The minimum Gasteiger partial charge on any atom is -0.478 e. The summed E-state index contributed by atoms with van der Waals surface area (Å²) in [6, 6.07) is 4.05. The highest BCUT2D eigenvalue weighted by molar-refractivity contribution is 7.99. The molecule has 0 saturated heterocycles. The Balaban J connectivity index is 2.83. The van der Waals surface area contributed by atoms with Crippen molar-refractivity contribution in [3.8, 4) is 0 Å². The molecule has 1 aromatic carbocycles. The van der Waals surface area contributed by atoms with E-state index < -0.39 is 16.0 Å². The number of hydrogen-bond acceptors (Lipinski definition) is 4. The summed E-state index contributed by atoms with van der Waals surface area (Å²) in [6.07, 6.45) is 1.75. The van der Waals surface area contributed by atoms with Gasteiger partial charge < -0.3 is 5.11 Å². The zero-order chi connectivity index (χ0) is 15.2. The Hall–Kier alpha value is -1.31. The van der Waals surface area contributed by atoms with Gasteiger partial charge in [0.2, 0.25) is 10.0 Å². The van der Waals surface area contributed by atoms with Crippen molar-refractivity contribution in [2.75, 3.05) is 18.1 Å². The lowest BCUT2D eigenvalue weighted by Crippen LogP contribution is -2.27. The van der Waals surface area contributed by atoms with Gasteiger partial charge in [-0.1, -0.05) is 12.1 Å². The largest absolute Gasteiger partial charge is 0.478 e. The van der Waals surface area contributed by atoms with E-state index in [1.54, 1.807) is 24.8 Å². The van der Waals surface area contributed by atoms with Gasteiger partial charge in [0.15, 0.2) is 0 Å². The topological polar surface area (TPSA) is 83.5 Å². The van der Waals surface area contributed by atoms with Crippen LogP contribution >= 0.6 is 11.8 Å². The number of carboxylic acids is 1. The quantitative estimate of drug-likeness (QED) is 0.565. The first-order valence-electron chi connectivity index (χ1n) is 5.90. The molecule has 110 valence electrons. The van der Waals surface area contributed by atoms with Crippen molar-refractivity contribution in [1.29, 1.82) is 0 Å². The molecule has 2 N–H and O–H groups in total.